The minimum Gasteiger partial charge on any atom is -0.500 e. The second kappa shape index (κ2) is 10.8. The summed E-state index contributed by atoms with van der Waals surface area (Å²) in [5, 5.41) is 20.2. The number of furan rings is 1. The molecule has 46 heavy (non-hydrogen) atoms. The second-order valence-electron chi connectivity index (χ2n) is 9.96. The Hall–Kier alpha value is -4.57. The summed E-state index contributed by atoms with van der Waals surface area (Å²) in [6.45, 7) is -0.781. The van der Waals surface area contributed by atoms with Crippen LogP contribution in [0.3, 0.4) is 0 Å². The molecule has 0 aromatic carbocycles. The first-order valence-corrected chi connectivity index (χ1v) is 16.2. The standard InChI is InChI=1S/C21H25N11O12P2/c22-1-7-8-2-39-46(37,38)44-14-9(42-19(12(14)33)31-5-27-10-15(23)25-4-26-16(10)31)3-40-45(35,36)43-13(7)20(41-8)32-6-28-11-17(32)29-21(24)30-18(11)34/h2,6-7,16,25-27,35-38H,1,3-5,22-23H2,(H2-2,24,29,30,33,34)/p+2/b8-2+/t7-,16?/m1/s1. The molecule has 1 saturated heterocycles. The minimum absolute atomic E-state index is 0.0847. The van der Waals surface area contributed by atoms with Gasteiger partial charge in [-0.1, -0.05) is 0 Å². The van der Waals surface area contributed by atoms with Crippen LogP contribution in [-0.4, -0.2) is 70.2 Å². The number of aromatic hydroxyl groups is 1. The molecule has 246 valence electrons. The summed E-state index contributed by atoms with van der Waals surface area (Å²) < 4.78 is 34.0. The van der Waals surface area contributed by atoms with Crippen molar-refractivity contribution >= 4 is 45.2 Å². The molecular formula is C21H27N11O12P2+2. The largest absolute Gasteiger partial charge is 0.663 e. The molecule has 15 N–H and O–H groups in total. The average Bonchev–Trinajstić information content (AvgIpc) is 3.75. The number of rotatable bonds is 3. The molecule has 25 heteroatoms. The Morgan fingerprint density at radius 3 is 2.72 bits per heavy atom. The summed E-state index contributed by atoms with van der Waals surface area (Å²) >= 11 is 0. The number of nitrogens with zero attached hydrogens (tertiary/aromatic N) is 4. The van der Waals surface area contributed by atoms with Crippen LogP contribution in [0.2, 0.25) is 0 Å². The molecule has 3 aromatic rings. The van der Waals surface area contributed by atoms with Crippen molar-refractivity contribution in [3.8, 4) is 11.5 Å². The van der Waals surface area contributed by atoms with Gasteiger partial charge in [-0.25, -0.2) is 14.1 Å². The zero-order valence-electron chi connectivity index (χ0n) is 23.1. The van der Waals surface area contributed by atoms with Crippen LogP contribution in [0.15, 0.2) is 44.8 Å². The molecule has 0 radical (unpaired) electrons. The van der Waals surface area contributed by atoms with E-state index in [0.717, 1.165) is 17.2 Å². The third-order valence-corrected chi connectivity index (χ3v) is 8.80. The van der Waals surface area contributed by atoms with Crippen molar-refractivity contribution in [2.75, 3.05) is 30.5 Å². The number of H-pyrrole nitrogens is 1. The molecular weight excluding hydrogens is 660 g/mol. The molecule has 2 bridgehead atoms. The maximum atomic E-state index is 12.4. The van der Waals surface area contributed by atoms with Crippen LogP contribution in [0.5, 0.6) is 11.5 Å². The molecule has 7 heterocycles. The van der Waals surface area contributed by atoms with Crippen LogP contribution in [0.25, 0.3) is 17.0 Å². The number of imidazole rings is 1. The van der Waals surface area contributed by atoms with Gasteiger partial charge in [-0.05, 0) is 0 Å². The van der Waals surface area contributed by atoms with E-state index in [4.69, 9.17) is 44.5 Å². The van der Waals surface area contributed by atoms with Gasteiger partial charge in [0.1, 0.15) is 24.2 Å². The fourth-order valence-electron chi connectivity index (χ4n) is 5.07. The van der Waals surface area contributed by atoms with E-state index in [-0.39, 0.29) is 60.3 Å². The summed E-state index contributed by atoms with van der Waals surface area (Å²) in [7, 11) is -9.74. The first-order chi connectivity index (χ1) is 21.9. The summed E-state index contributed by atoms with van der Waals surface area (Å²) in [6, 6.07) is 0. The molecule has 7 rings (SSSR count). The maximum absolute atomic E-state index is 12.4. The van der Waals surface area contributed by atoms with Crippen molar-refractivity contribution in [1.29, 1.82) is 0 Å². The zero-order valence-corrected chi connectivity index (χ0v) is 24.9. The summed E-state index contributed by atoms with van der Waals surface area (Å²) in [4.78, 5) is 67.5. The van der Waals surface area contributed by atoms with Gasteiger partial charge in [0.15, 0.2) is 35.6 Å². The molecule has 0 aliphatic carbocycles. The third kappa shape index (κ3) is 5.05. The van der Waals surface area contributed by atoms with Crippen molar-refractivity contribution in [1.82, 2.24) is 35.5 Å². The fourth-order valence-corrected chi connectivity index (χ4v) is 6.58. The first kappa shape index (κ1) is 30.1. The highest BCUT2D eigenvalue weighted by molar-refractivity contribution is 7.55. The van der Waals surface area contributed by atoms with Gasteiger partial charge in [0.25, 0.3) is 17.2 Å². The number of aromatic amines is 1. The molecule has 1 fully saturated rings. The van der Waals surface area contributed by atoms with Crippen molar-refractivity contribution in [2.24, 2.45) is 17.4 Å². The van der Waals surface area contributed by atoms with Gasteiger partial charge in [-0.3, -0.25) is 24.1 Å². The van der Waals surface area contributed by atoms with Crippen LogP contribution in [0, 0.1) is 5.92 Å². The Bertz CT molecular complexity index is 1890. The summed E-state index contributed by atoms with van der Waals surface area (Å²) in [6.07, 6.45) is 1.29. The first-order valence-electron chi connectivity index (χ1n) is 13.1. The van der Waals surface area contributed by atoms with Gasteiger partial charge in [0.05, 0.1) is 19.0 Å². The van der Waals surface area contributed by atoms with E-state index >= 15 is 0 Å². The predicted molar refractivity (Wildman–Crippen MR) is 155 cm³/mol. The molecule has 3 aromatic heterocycles. The highest BCUT2D eigenvalue weighted by Crippen LogP contribution is 2.62. The summed E-state index contributed by atoms with van der Waals surface area (Å²) in [5.74, 6) is -3.87. The normalized spacial score (nSPS) is 24.9. The molecule has 2 atom stereocenters. The van der Waals surface area contributed by atoms with Gasteiger partial charge in [0, 0.05) is 6.54 Å². The number of nitrogen functional groups attached to an aromatic ring is 1. The molecule has 0 spiro atoms. The van der Waals surface area contributed by atoms with Gasteiger partial charge in [-0.2, -0.15) is 24.6 Å². The van der Waals surface area contributed by atoms with Crippen molar-refractivity contribution in [3.63, 3.8) is 0 Å². The van der Waals surface area contributed by atoms with Crippen LogP contribution in [-0.2, 0) is 24.9 Å². The van der Waals surface area contributed by atoms with Gasteiger partial charge in [-0.15, -0.1) is 4.52 Å². The fraction of sp³-hybridized carbons (Fsp3) is 0.286. The van der Waals surface area contributed by atoms with E-state index in [1.165, 1.54) is 4.90 Å². The van der Waals surface area contributed by atoms with E-state index in [9.17, 15) is 29.5 Å². The van der Waals surface area contributed by atoms with Crippen molar-refractivity contribution < 1.29 is 51.9 Å². The third-order valence-electron chi connectivity index (χ3n) is 7.10. The molecule has 4 aliphatic heterocycles. The monoisotopic (exact) mass is 687 g/mol. The van der Waals surface area contributed by atoms with Crippen LogP contribution in [0.1, 0.15) is 5.76 Å². The Morgan fingerprint density at radius 1 is 1.13 bits per heavy atom. The van der Waals surface area contributed by atoms with E-state index in [2.05, 4.69) is 30.9 Å². The molecule has 4 aliphatic rings. The number of aromatic nitrogens is 4. The maximum Gasteiger partial charge on any atom is 0.663 e. The molecule has 0 saturated carbocycles. The average molecular weight is 687 g/mol. The number of hydrogen-bond acceptors (Lipinski definition) is 21. The quantitative estimate of drug-likeness (QED) is 0.127. The zero-order chi connectivity index (χ0) is 32.5. The smallest absolute Gasteiger partial charge is 0.500 e. The van der Waals surface area contributed by atoms with E-state index < -0.39 is 57.8 Å². The topological polar surface area (TPSA) is 341 Å². The lowest BCUT2D eigenvalue weighted by atomic mass is 10.1. The summed E-state index contributed by atoms with van der Waals surface area (Å²) in [5.41, 5.74) is 17.3. The molecule has 1 unspecified atom stereocenters. The number of nitrogens with one attached hydrogen (secondary N) is 4. The highest BCUT2D eigenvalue weighted by Gasteiger charge is 2.53. The van der Waals surface area contributed by atoms with Crippen LogP contribution >= 0.6 is 16.3 Å². The lowest BCUT2D eigenvalue weighted by molar-refractivity contribution is 0.121. The number of hydrogen-bond donors (Lipinski definition) is 12. The van der Waals surface area contributed by atoms with Gasteiger partial charge < -0.3 is 47.0 Å². The molecule has 0 amide bonds. The highest BCUT2D eigenvalue weighted by atomic mass is 31.2. The minimum atomic E-state index is -4.88. The number of ether oxygens (including phenoxy) is 1. The lowest BCUT2D eigenvalue weighted by Crippen LogP contribution is -2.51. The van der Waals surface area contributed by atoms with Crippen molar-refractivity contribution in [2.45, 2.75) is 12.8 Å². The van der Waals surface area contributed by atoms with Crippen molar-refractivity contribution in [3.05, 3.63) is 51.7 Å². The second-order valence-corrected chi connectivity index (χ2v) is 12.8. The van der Waals surface area contributed by atoms with Gasteiger partial charge >= 0.3 is 16.3 Å². The Balaban J connectivity index is 1.29. The van der Waals surface area contributed by atoms with E-state index in [1.54, 1.807) is 0 Å². The number of fused-ring (bicyclic) bond motifs is 5. The SMILES string of the molecule is NC[C@H]1C2=C(n3cnc4c(=O)[nH]c(N)nc43)O/C1=C/O[P+](O)(O)Oc1c(oc(N3CNC4=C(N)NCNC43)c1O)CO[P+](O)(O)O2. The number of nitrogens with two attached hydrogens (primary N) is 3. The van der Waals surface area contributed by atoms with Crippen LogP contribution in [0.4, 0.5) is 11.8 Å². The Labute approximate surface area is 256 Å². The Morgan fingerprint density at radius 2 is 1.93 bits per heavy atom. The molecule has 23 nitrogen and oxygen atoms in total. The van der Waals surface area contributed by atoms with Crippen LogP contribution < -0.4 is 48.1 Å². The predicted octanol–water partition coefficient (Wildman–Crippen LogP) is -2.49. The number of anilines is 2. The lowest BCUT2D eigenvalue weighted by Gasteiger charge is -2.28. The van der Waals surface area contributed by atoms with E-state index in [1.807, 2.05) is 0 Å². The van der Waals surface area contributed by atoms with Gasteiger partial charge in [0.2, 0.25) is 23.3 Å². The van der Waals surface area contributed by atoms with E-state index in [0.29, 0.717) is 11.5 Å². The Kier molecular flexibility index (Phi) is 7.04.